The lowest BCUT2D eigenvalue weighted by Crippen LogP contribution is -2.47. The third-order valence-electron chi connectivity index (χ3n) is 5.05. The van der Waals surface area contributed by atoms with E-state index in [0.29, 0.717) is 24.4 Å². The number of nitrogens with one attached hydrogen (secondary N) is 2. The van der Waals surface area contributed by atoms with Gasteiger partial charge in [0.15, 0.2) is 11.4 Å². The van der Waals surface area contributed by atoms with Crippen molar-refractivity contribution in [3.8, 4) is 11.4 Å². The van der Waals surface area contributed by atoms with Gasteiger partial charge in [-0.25, -0.2) is 9.07 Å². The van der Waals surface area contributed by atoms with Crippen LogP contribution in [0.3, 0.4) is 0 Å². The van der Waals surface area contributed by atoms with E-state index in [0.717, 1.165) is 25.9 Å². The van der Waals surface area contributed by atoms with Crippen molar-refractivity contribution in [2.24, 2.45) is 5.41 Å². The third-order valence-corrected chi connectivity index (χ3v) is 5.05. The maximum atomic E-state index is 13.3. The fourth-order valence-corrected chi connectivity index (χ4v) is 3.51. The van der Waals surface area contributed by atoms with Gasteiger partial charge in [0.25, 0.3) is 5.91 Å². The largest absolute Gasteiger partial charge is 0.504 e. The van der Waals surface area contributed by atoms with Gasteiger partial charge in [0.05, 0.1) is 18.5 Å². The number of carbonyl (C=O) groups is 1. The van der Waals surface area contributed by atoms with Crippen LogP contribution < -0.4 is 10.6 Å². The van der Waals surface area contributed by atoms with Gasteiger partial charge in [-0.15, -0.1) is 0 Å². The summed E-state index contributed by atoms with van der Waals surface area (Å²) in [5.74, 6) is -1.02. The van der Waals surface area contributed by atoms with Crippen molar-refractivity contribution in [1.29, 1.82) is 0 Å². The lowest BCUT2D eigenvalue weighted by atomic mass is 9.79. The van der Waals surface area contributed by atoms with Crippen LogP contribution in [0.5, 0.6) is 5.75 Å². The van der Waals surface area contributed by atoms with Gasteiger partial charge < -0.3 is 20.5 Å². The van der Waals surface area contributed by atoms with E-state index < -0.39 is 5.91 Å². The third kappa shape index (κ3) is 4.28. The van der Waals surface area contributed by atoms with Gasteiger partial charge in [-0.1, -0.05) is 0 Å². The number of piperidine rings is 1. The molecule has 1 aliphatic heterocycles. The van der Waals surface area contributed by atoms with Gasteiger partial charge >= 0.3 is 0 Å². The zero-order valence-electron chi connectivity index (χ0n) is 15.6. The maximum absolute atomic E-state index is 13.3. The van der Waals surface area contributed by atoms with Crippen molar-refractivity contribution in [2.75, 3.05) is 33.4 Å². The van der Waals surface area contributed by atoms with Crippen LogP contribution in [0.2, 0.25) is 0 Å². The first-order valence-corrected chi connectivity index (χ1v) is 8.97. The Hall–Kier alpha value is -2.45. The highest BCUT2D eigenvalue weighted by atomic mass is 19.1. The molecule has 0 aliphatic carbocycles. The lowest BCUT2D eigenvalue weighted by Gasteiger charge is -2.37. The Labute approximate surface area is 157 Å². The van der Waals surface area contributed by atoms with E-state index in [1.807, 2.05) is 0 Å². The summed E-state index contributed by atoms with van der Waals surface area (Å²) in [4.78, 5) is 12.6. The predicted molar refractivity (Wildman–Crippen MR) is 98.7 cm³/mol. The average molecular weight is 376 g/mol. The van der Waals surface area contributed by atoms with Crippen LogP contribution in [0.1, 0.15) is 28.9 Å². The number of benzene rings is 1. The van der Waals surface area contributed by atoms with Gasteiger partial charge in [-0.05, 0) is 56.6 Å². The Kier molecular flexibility index (Phi) is 5.76. The molecule has 8 heteroatoms. The van der Waals surface area contributed by atoms with Crippen LogP contribution in [-0.4, -0.2) is 54.1 Å². The Morgan fingerprint density at radius 3 is 2.85 bits per heavy atom. The molecule has 1 aromatic carbocycles. The second-order valence-electron chi connectivity index (χ2n) is 7.10. The summed E-state index contributed by atoms with van der Waals surface area (Å²) < 4.78 is 20.0. The predicted octanol–water partition coefficient (Wildman–Crippen LogP) is 1.77. The molecule has 3 N–H and O–H groups in total. The molecule has 0 bridgehead atoms. The number of rotatable bonds is 6. The zero-order chi connectivity index (χ0) is 19.4. The van der Waals surface area contributed by atoms with Crippen molar-refractivity contribution in [2.45, 2.75) is 19.8 Å². The van der Waals surface area contributed by atoms with E-state index >= 15 is 0 Å². The molecule has 1 aromatic heterocycles. The molecule has 146 valence electrons. The Balaban J connectivity index is 1.74. The van der Waals surface area contributed by atoms with E-state index in [-0.39, 0.29) is 22.7 Å². The zero-order valence-corrected chi connectivity index (χ0v) is 15.6. The molecule has 0 radical (unpaired) electrons. The number of nitrogens with zero attached hydrogens (tertiary/aromatic N) is 2. The van der Waals surface area contributed by atoms with Crippen LogP contribution >= 0.6 is 0 Å². The summed E-state index contributed by atoms with van der Waals surface area (Å²) >= 11 is 0. The molecule has 1 amide bonds. The fourth-order valence-electron chi connectivity index (χ4n) is 3.51. The molecule has 1 fully saturated rings. The van der Waals surface area contributed by atoms with Crippen molar-refractivity contribution >= 4 is 5.91 Å². The summed E-state index contributed by atoms with van der Waals surface area (Å²) in [7, 11) is 1.66. The van der Waals surface area contributed by atoms with Gasteiger partial charge in [0.1, 0.15) is 5.82 Å². The molecule has 3 rings (SSSR count). The minimum absolute atomic E-state index is 0.0553. The second kappa shape index (κ2) is 8.06. The van der Waals surface area contributed by atoms with Crippen LogP contribution in [0.4, 0.5) is 4.39 Å². The monoisotopic (exact) mass is 376 g/mol. The highest BCUT2D eigenvalue weighted by molar-refractivity contribution is 5.94. The number of halogens is 1. The Morgan fingerprint density at radius 2 is 2.19 bits per heavy atom. The Morgan fingerprint density at radius 1 is 1.44 bits per heavy atom. The van der Waals surface area contributed by atoms with Crippen molar-refractivity contribution in [3.63, 3.8) is 0 Å². The van der Waals surface area contributed by atoms with Crippen molar-refractivity contribution < 1.29 is 19.0 Å². The number of aromatic nitrogens is 2. The SMILES string of the molecule is COCC1(CNC(=O)c2nn(-c3ccc(F)cc3C)cc2O)CCNCC1. The summed E-state index contributed by atoms with van der Waals surface area (Å²) in [5, 5.41) is 20.5. The van der Waals surface area contributed by atoms with E-state index in [1.165, 1.54) is 23.0 Å². The molecule has 1 saturated heterocycles. The van der Waals surface area contributed by atoms with Crippen molar-refractivity contribution in [3.05, 3.63) is 41.5 Å². The second-order valence-corrected chi connectivity index (χ2v) is 7.10. The number of methoxy groups -OCH3 is 1. The minimum Gasteiger partial charge on any atom is -0.504 e. The van der Waals surface area contributed by atoms with Crippen LogP contribution in [0.15, 0.2) is 24.4 Å². The molecule has 27 heavy (non-hydrogen) atoms. The quantitative estimate of drug-likeness (QED) is 0.715. The summed E-state index contributed by atoms with van der Waals surface area (Å²) in [5.41, 5.74) is 1.07. The van der Waals surface area contributed by atoms with Gasteiger partial charge in [0.2, 0.25) is 0 Å². The number of hydrogen-bond acceptors (Lipinski definition) is 5. The number of aryl methyl sites for hydroxylation is 1. The fraction of sp³-hybridized carbons (Fsp3) is 0.474. The van der Waals surface area contributed by atoms with E-state index in [2.05, 4.69) is 15.7 Å². The maximum Gasteiger partial charge on any atom is 0.275 e. The minimum atomic E-state index is -0.444. The van der Waals surface area contributed by atoms with E-state index in [1.54, 1.807) is 20.1 Å². The molecule has 0 unspecified atom stereocenters. The first kappa shape index (κ1) is 19.3. The highest BCUT2D eigenvalue weighted by Crippen LogP contribution is 2.28. The van der Waals surface area contributed by atoms with Gasteiger partial charge in [-0.2, -0.15) is 5.10 Å². The Bertz CT molecular complexity index is 810. The van der Waals surface area contributed by atoms with Crippen molar-refractivity contribution in [1.82, 2.24) is 20.4 Å². The molecule has 1 aliphatic rings. The van der Waals surface area contributed by atoms with Crippen LogP contribution in [0, 0.1) is 18.2 Å². The summed E-state index contributed by atoms with van der Waals surface area (Å²) in [6, 6.07) is 4.24. The smallest absolute Gasteiger partial charge is 0.275 e. The molecule has 2 aromatic rings. The number of hydrogen-bond donors (Lipinski definition) is 3. The molecule has 2 heterocycles. The van der Waals surface area contributed by atoms with Gasteiger partial charge in [-0.3, -0.25) is 4.79 Å². The topological polar surface area (TPSA) is 88.4 Å². The number of aromatic hydroxyl groups is 1. The molecule has 0 atom stereocenters. The molecular formula is C19H25FN4O3. The normalized spacial score (nSPS) is 16.3. The summed E-state index contributed by atoms with van der Waals surface area (Å²) in [6.07, 6.45) is 3.15. The number of amides is 1. The molecule has 0 saturated carbocycles. The molecular weight excluding hydrogens is 351 g/mol. The van der Waals surface area contributed by atoms with E-state index in [9.17, 15) is 14.3 Å². The highest BCUT2D eigenvalue weighted by Gasteiger charge is 2.33. The average Bonchev–Trinajstić information content (AvgIpc) is 3.02. The summed E-state index contributed by atoms with van der Waals surface area (Å²) in [6.45, 7) is 4.50. The first-order chi connectivity index (χ1) is 12.9. The molecule has 7 nitrogen and oxygen atoms in total. The van der Waals surface area contributed by atoms with E-state index in [4.69, 9.17) is 4.74 Å². The molecule has 0 spiro atoms. The lowest BCUT2D eigenvalue weighted by molar-refractivity contribution is 0.0510. The number of carbonyl (C=O) groups excluding carboxylic acids is 1. The van der Waals surface area contributed by atoms with Crippen LogP contribution in [-0.2, 0) is 4.74 Å². The number of ether oxygens (including phenoxy) is 1. The first-order valence-electron chi connectivity index (χ1n) is 8.97. The van der Waals surface area contributed by atoms with Gasteiger partial charge in [0, 0.05) is 19.1 Å². The standard InChI is InChI=1S/C19H25FN4O3/c1-13-9-14(20)3-4-15(13)24-10-16(25)17(23-24)18(26)22-11-19(12-27-2)5-7-21-8-6-19/h3-4,9-10,21,25H,5-8,11-12H2,1-2H3,(H,22,26). The van der Waals surface area contributed by atoms with Crippen LogP contribution in [0.25, 0.3) is 5.69 Å².